The molecule has 2 aromatic carbocycles. The number of nitrogen functional groups attached to an aromatic ring is 1. The molecule has 4 rings (SSSR count). The summed E-state index contributed by atoms with van der Waals surface area (Å²) in [6, 6.07) is 7.23. The number of rotatable bonds is 4. The zero-order valence-electron chi connectivity index (χ0n) is 20.8. The molecule has 2 aromatic rings. The van der Waals surface area contributed by atoms with Gasteiger partial charge in [0.25, 0.3) is 0 Å². The number of hydrogen-bond acceptors (Lipinski definition) is 4. The molecule has 0 spiro atoms. The number of halogens is 2. The lowest BCUT2D eigenvalue weighted by Gasteiger charge is -2.34. The molecule has 1 unspecified atom stereocenters. The summed E-state index contributed by atoms with van der Waals surface area (Å²) in [6.45, 7) is 6.71. The van der Waals surface area contributed by atoms with E-state index in [-0.39, 0.29) is 23.7 Å². The van der Waals surface area contributed by atoms with Gasteiger partial charge >= 0.3 is 6.09 Å². The van der Waals surface area contributed by atoms with Crippen molar-refractivity contribution in [1.29, 1.82) is 0 Å². The highest BCUT2D eigenvalue weighted by Crippen LogP contribution is 2.44. The number of piperidine rings is 1. The molecule has 1 saturated heterocycles. The van der Waals surface area contributed by atoms with E-state index in [4.69, 9.17) is 15.2 Å². The molecule has 2 aliphatic rings. The van der Waals surface area contributed by atoms with Crippen LogP contribution in [0.4, 0.5) is 19.3 Å². The van der Waals surface area contributed by atoms with Crippen LogP contribution in [0, 0.1) is 18.1 Å². The summed E-state index contributed by atoms with van der Waals surface area (Å²) in [5, 5.41) is 0. The zero-order valence-corrected chi connectivity index (χ0v) is 20.8. The Balaban J connectivity index is 1.58. The van der Waals surface area contributed by atoms with E-state index in [9.17, 15) is 13.6 Å². The number of nitrogens with zero attached hydrogens (tertiary/aromatic N) is 1. The Morgan fingerprint density at radius 2 is 1.74 bits per heavy atom. The fourth-order valence-electron chi connectivity index (χ4n) is 4.99. The number of nitrogens with two attached hydrogens (primary N) is 1. The summed E-state index contributed by atoms with van der Waals surface area (Å²) in [4.78, 5) is 14.2. The normalized spacial score (nSPS) is 17.9. The molecule has 1 aliphatic carbocycles. The van der Waals surface area contributed by atoms with Gasteiger partial charge in [-0.05, 0) is 100 Å². The molecule has 1 heterocycles. The monoisotopic (exact) mass is 485 g/mol. The second kappa shape index (κ2) is 10.4. The first-order valence-electron chi connectivity index (χ1n) is 12.5. The fraction of sp³-hybridized carbons (Fsp3) is 0.500. The maximum atomic E-state index is 14.4. The Bertz CT molecular complexity index is 1050. The summed E-state index contributed by atoms with van der Waals surface area (Å²) in [7, 11) is 0. The lowest BCUT2D eigenvalue weighted by atomic mass is 9.81. The van der Waals surface area contributed by atoms with Gasteiger partial charge in [0.2, 0.25) is 0 Å². The molecule has 1 radical (unpaired) electrons. The Hall–Kier alpha value is -2.83. The van der Waals surface area contributed by atoms with Gasteiger partial charge in [-0.25, -0.2) is 13.6 Å². The standard InChI is InChI=1S/C28H35F2N2O3/c1-28(2,3)35-27(33)32-13-11-19(12-14-32)21-17-26(34-25-10-9-20(29)15-23(25)30)22(16-24(21)31)18-7-5-4-6-8-18/h5,9-10,15-19H,4,6-8,11-14,31H2,1-3H3. The average molecular weight is 486 g/mol. The molecular weight excluding hydrogens is 450 g/mol. The molecule has 1 atom stereocenters. The minimum absolute atomic E-state index is 0.0112. The summed E-state index contributed by atoms with van der Waals surface area (Å²) in [5.74, 6) is -0.451. The number of benzene rings is 2. The lowest BCUT2D eigenvalue weighted by molar-refractivity contribution is 0.0205. The first kappa shape index (κ1) is 25.3. The highest BCUT2D eigenvalue weighted by molar-refractivity contribution is 5.68. The number of anilines is 1. The van der Waals surface area contributed by atoms with Crippen LogP contribution in [0.1, 0.15) is 82.3 Å². The van der Waals surface area contributed by atoms with Crippen molar-refractivity contribution in [3.63, 3.8) is 0 Å². The predicted molar refractivity (Wildman–Crippen MR) is 133 cm³/mol. The fourth-order valence-corrected chi connectivity index (χ4v) is 4.99. The highest BCUT2D eigenvalue weighted by atomic mass is 19.1. The SMILES string of the molecule is CC(C)(C)OC(=O)N1CCC(c2cc(Oc3ccc(F)cc3F)c(C3C[CH]CCC3)cc2N)CC1. The predicted octanol–water partition coefficient (Wildman–Crippen LogP) is 7.32. The van der Waals surface area contributed by atoms with Crippen LogP contribution in [0.2, 0.25) is 0 Å². The second-order valence-electron chi connectivity index (χ2n) is 10.6. The topological polar surface area (TPSA) is 64.8 Å². The van der Waals surface area contributed by atoms with E-state index in [0.29, 0.717) is 24.5 Å². The quantitative estimate of drug-likeness (QED) is 0.461. The Morgan fingerprint density at radius 3 is 2.37 bits per heavy atom. The molecule has 2 N–H and O–H groups in total. The van der Waals surface area contributed by atoms with Crippen LogP contribution in [0.5, 0.6) is 11.5 Å². The van der Waals surface area contributed by atoms with Crippen LogP contribution in [0.15, 0.2) is 30.3 Å². The molecule has 5 nitrogen and oxygen atoms in total. The smallest absolute Gasteiger partial charge is 0.410 e. The van der Waals surface area contributed by atoms with Gasteiger partial charge in [-0.15, -0.1) is 0 Å². The van der Waals surface area contributed by atoms with Gasteiger partial charge in [0.15, 0.2) is 11.6 Å². The highest BCUT2D eigenvalue weighted by Gasteiger charge is 2.30. The molecule has 2 fully saturated rings. The van der Waals surface area contributed by atoms with Crippen molar-refractivity contribution in [1.82, 2.24) is 4.90 Å². The van der Waals surface area contributed by atoms with Crippen molar-refractivity contribution in [2.24, 2.45) is 0 Å². The number of carbonyl (C=O) groups is 1. The van der Waals surface area contributed by atoms with Gasteiger partial charge in [0, 0.05) is 24.8 Å². The summed E-state index contributed by atoms with van der Waals surface area (Å²) in [6.07, 6.45) is 7.54. The maximum Gasteiger partial charge on any atom is 0.410 e. The van der Waals surface area contributed by atoms with E-state index >= 15 is 0 Å². The molecular formula is C28H35F2N2O3. The van der Waals surface area contributed by atoms with Crippen LogP contribution >= 0.6 is 0 Å². The van der Waals surface area contributed by atoms with E-state index in [2.05, 4.69) is 6.42 Å². The van der Waals surface area contributed by atoms with Crippen molar-refractivity contribution < 1.29 is 23.0 Å². The summed E-state index contributed by atoms with van der Waals surface area (Å²) < 4.78 is 39.4. The van der Waals surface area contributed by atoms with E-state index in [0.717, 1.165) is 55.7 Å². The average Bonchev–Trinajstić information content (AvgIpc) is 2.81. The minimum atomic E-state index is -0.741. The van der Waals surface area contributed by atoms with Crippen molar-refractivity contribution in [2.45, 2.75) is 76.7 Å². The Morgan fingerprint density at radius 1 is 1.00 bits per heavy atom. The third-order valence-corrected chi connectivity index (χ3v) is 6.77. The molecule has 0 aromatic heterocycles. The van der Waals surface area contributed by atoms with Crippen LogP contribution in [0.25, 0.3) is 0 Å². The van der Waals surface area contributed by atoms with Crippen LogP contribution in [0.3, 0.4) is 0 Å². The number of carbonyl (C=O) groups excluding carboxylic acids is 1. The number of ether oxygens (including phenoxy) is 2. The maximum absolute atomic E-state index is 14.4. The molecule has 1 saturated carbocycles. The largest absolute Gasteiger partial charge is 0.454 e. The third-order valence-electron chi connectivity index (χ3n) is 6.77. The van der Waals surface area contributed by atoms with Gasteiger partial charge in [0.05, 0.1) is 0 Å². The lowest BCUT2D eigenvalue weighted by Crippen LogP contribution is -2.41. The van der Waals surface area contributed by atoms with E-state index in [1.54, 1.807) is 4.90 Å². The Labute approximate surface area is 206 Å². The summed E-state index contributed by atoms with van der Waals surface area (Å²) >= 11 is 0. The van der Waals surface area contributed by atoms with Crippen molar-refractivity contribution >= 4 is 11.8 Å². The van der Waals surface area contributed by atoms with Gasteiger partial charge in [-0.2, -0.15) is 0 Å². The van der Waals surface area contributed by atoms with Gasteiger partial charge in [-0.1, -0.05) is 12.8 Å². The number of likely N-dealkylation sites (tertiary alicyclic amines) is 1. The van der Waals surface area contributed by atoms with Crippen LogP contribution in [-0.2, 0) is 4.74 Å². The molecule has 1 amide bonds. The van der Waals surface area contributed by atoms with Crippen molar-refractivity contribution in [3.05, 3.63) is 59.5 Å². The number of amides is 1. The van der Waals surface area contributed by atoms with E-state index < -0.39 is 17.2 Å². The molecule has 0 bridgehead atoms. The second-order valence-corrected chi connectivity index (χ2v) is 10.6. The van der Waals surface area contributed by atoms with Crippen LogP contribution < -0.4 is 10.5 Å². The van der Waals surface area contributed by atoms with Gasteiger partial charge in [-0.3, -0.25) is 0 Å². The van der Waals surface area contributed by atoms with E-state index in [1.165, 1.54) is 12.1 Å². The van der Waals surface area contributed by atoms with Crippen molar-refractivity contribution in [3.8, 4) is 11.5 Å². The molecule has 35 heavy (non-hydrogen) atoms. The molecule has 7 heteroatoms. The zero-order chi connectivity index (χ0) is 25.2. The first-order valence-corrected chi connectivity index (χ1v) is 12.5. The molecule has 1 aliphatic heterocycles. The van der Waals surface area contributed by atoms with Gasteiger partial charge < -0.3 is 20.1 Å². The third kappa shape index (κ3) is 6.24. The van der Waals surface area contributed by atoms with Crippen molar-refractivity contribution in [2.75, 3.05) is 18.8 Å². The number of hydrogen-bond donors (Lipinski definition) is 1. The molecule has 189 valence electrons. The first-order chi connectivity index (χ1) is 16.6. The Kier molecular flexibility index (Phi) is 7.53. The minimum Gasteiger partial charge on any atom is -0.454 e. The van der Waals surface area contributed by atoms with Crippen LogP contribution in [-0.4, -0.2) is 29.7 Å². The van der Waals surface area contributed by atoms with E-state index in [1.807, 2.05) is 32.9 Å². The summed E-state index contributed by atoms with van der Waals surface area (Å²) in [5.41, 5.74) is 8.60. The van der Waals surface area contributed by atoms with Gasteiger partial charge in [0.1, 0.15) is 17.2 Å².